The number of aliphatic hydroxyl groups is 8. The molecule has 0 bridgehead atoms. The van der Waals surface area contributed by atoms with Crippen LogP contribution in [0.3, 0.4) is 0 Å². The monoisotopic (exact) mass is 962 g/mol. The first-order valence-electron chi connectivity index (χ1n) is 27.8. The summed E-state index contributed by atoms with van der Waals surface area (Å²) in [5.74, 6) is -0.203. The van der Waals surface area contributed by atoms with Gasteiger partial charge in [0.1, 0.15) is 48.8 Å². The number of carbonyl (C=O) groups is 1. The first-order chi connectivity index (χ1) is 32.6. The van der Waals surface area contributed by atoms with E-state index in [1.807, 2.05) is 0 Å². The number of hydrogen-bond donors (Lipinski definition) is 9. The molecule has 2 aliphatic heterocycles. The number of unbranched alkanes of at least 4 members (excludes halogenated alkanes) is 31. The third-order valence-electron chi connectivity index (χ3n) is 14.1. The van der Waals surface area contributed by atoms with Gasteiger partial charge in [0.2, 0.25) is 5.91 Å². The van der Waals surface area contributed by atoms with Gasteiger partial charge in [-0.05, 0) is 12.8 Å². The van der Waals surface area contributed by atoms with Gasteiger partial charge in [0.05, 0.1) is 32.0 Å². The fourth-order valence-corrected chi connectivity index (χ4v) is 9.53. The molecule has 2 saturated heterocycles. The molecule has 2 rings (SSSR count). The Morgan fingerprint density at radius 3 is 1.27 bits per heavy atom. The van der Waals surface area contributed by atoms with E-state index in [2.05, 4.69) is 19.2 Å². The number of nitrogens with one attached hydrogen (secondary N) is 1. The van der Waals surface area contributed by atoms with Gasteiger partial charge in [0, 0.05) is 6.42 Å². The lowest BCUT2D eigenvalue weighted by molar-refractivity contribution is -0.359. The highest BCUT2D eigenvalue weighted by Crippen LogP contribution is 2.30. The van der Waals surface area contributed by atoms with E-state index in [1.165, 1.54) is 161 Å². The van der Waals surface area contributed by atoms with Crippen LogP contribution in [-0.2, 0) is 23.7 Å². The zero-order valence-electron chi connectivity index (χ0n) is 42.4. The minimum Gasteiger partial charge on any atom is -0.394 e. The molecule has 14 heteroatoms. The van der Waals surface area contributed by atoms with Crippen LogP contribution in [0.2, 0.25) is 0 Å². The summed E-state index contributed by atoms with van der Waals surface area (Å²) in [6, 6.07) is -0.821. The molecule has 12 unspecified atom stereocenters. The van der Waals surface area contributed by atoms with E-state index >= 15 is 0 Å². The van der Waals surface area contributed by atoms with Crippen LogP contribution < -0.4 is 5.32 Å². The van der Waals surface area contributed by atoms with Crippen LogP contribution >= 0.6 is 0 Å². The topological polar surface area (TPSA) is 228 Å². The minimum absolute atomic E-state index is 0.203. The van der Waals surface area contributed by atoms with Gasteiger partial charge in [0.25, 0.3) is 0 Å². The zero-order chi connectivity index (χ0) is 48.9. The van der Waals surface area contributed by atoms with Crippen LogP contribution in [0.1, 0.15) is 239 Å². The third kappa shape index (κ3) is 27.4. The summed E-state index contributed by atoms with van der Waals surface area (Å²) < 4.78 is 22.8. The third-order valence-corrected chi connectivity index (χ3v) is 14.1. The average Bonchev–Trinajstić information content (AvgIpc) is 3.32. The molecule has 9 N–H and O–H groups in total. The molecule has 398 valence electrons. The van der Waals surface area contributed by atoms with Gasteiger partial charge in [-0.15, -0.1) is 0 Å². The van der Waals surface area contributed by atoms with Gasteiger partial charge >= 0.3 is 0 Å². The molecule has 0 aromatic heterocycles. The molecule has 2 heterocycles. The number of ether oxygens (including phenoxy) is 4. The highest BCUT2D eigenvalue weighted by molar-refractivity contribution is 5.76. The van der Waals surface area contributed by atoms with Crippen molar-refractivity contribution >= 4 is 5.91 Å². The Labute approximate surface area is 406 Å². The fourth-order valence-electron chi connectivity index (χ4n) is 9.53. The van der Waals surface area contributed by atoms with Gasteiger partial charge in [-0.1, -0.05) is 219 Å². The molecular formula is C53H103NO13. The largest absolute Gasteiger partial charge is 0.394 e. The van der Waals surface area contributed by atoms with Crippen molar-refractivity contribution in [2.45, 2.75) is 312 Å². The molecule has 0 saturated carbocycles. The Bertz CT molecular complexity index is 1140. The number of aliphatic hydroxyl groups excluding tert-OH is 8. The maximum Gasteiger partial charge on any atom is 0.220 e. The summed E-state index contributed by atoms with van der Waals surface area (Å²) in [5, 5.41) is 87.0. The molecule has 12 atom stereocenters. The van der Waals surface area contributed by atoms with E-state index in [0.29, 0.717) is 12.8 Å². The van der Waals surface area contributed by atoms with Gasteiger partial charge in [-0.2, -0.15) is 0 Å². The summed E-state index contributed by atoms with van der Waals surface area (Å²) in [6.07, 6.45) is 25.3. The molecule has 2 fully saturated rings. The number of carbonyl (C=O) groups excluding carboxylic acids is 1. The minimum atomic E-state index is -1.78. The highest BCUT2D eigenvalue weighted by Gasteiger charge is 2.51. The predicted octanol–water partition coefficient (Wildman–Crippen LogP) is 8.17. The van der Waals surface area contributed by atoms with Gasteiger partial charge in [-0.3, -0.25) is 4.79 Å². The molecule has 0 aromatic rings. The molecule has 0 radical (unpaired) electrons. The maximum atomic E-state index is 13.2. The quantitative estimate of drug-likeness (QED) is 0.0263. The van der Waals surface area contributed by atoms with Crippen LogP contribution in [-0.4, -0.2) is 140 Å². The predicted molar refractivity (Wildman–Crippen MR) is 263 cm³/mol. The van der Waals surface area contributed by atoms with Crippen molar-refractivity contribution in [3.8, 4) is 0 Å². The summed E-state index contributed by atoms with van der Waals surface area (Å²) >= 11 is 0. The normalized spacial score (nSPS) is 26.5. The number of rotatable bonds is 44. The molecule has 1 amide bonds. The smallest absolute Gasteiger partial charge is 0.220 e. The van der Waals surface area contributed by atoms with Crippen molar-refractivity contribution in [1.82, 2.24) is 5.32 Å². The fraction of sp³-hybridized carbons (Fsp3) is 0.981. The molecule has 0 spiro atoms. The second kappa shape index (κ2) is 40.6. The zero-order valence-corrected chi connectivity index (χ0v) is 42.4. The summed E-state index contributed by atoms with van der Waals surface area (Å²) in [7, 11) is 0. The standard InChI is InChI=1S/C53H103NO13/c1-3-5-7-9-11-13-15-17-18-19-20-21-22-23-25-26-28-30-32-34-36-42(57)41(54-45(58)37-35-33-31-29-27-24-16-14-12-10-8-6-4-2)40-64-52-50(63)48(61)51(44(39-56)66-52)67-53-49(62)47(60)46(59)43(38-55)65-53/h41-44,46-53,55-57,59-63H,3-40H2,1-2H3,(H,54,58). The Kier molecular flexibility index (Phi) is 37.6. The lowest BCUT2D eigenvalue weighted by atomic mass is 9.97. The lowest BCUT2D eigenvalue weighted by Gasteiger charge is -2.46. The molecule has 67 heavy (non-hydrogen) atoms. The van der Waals surface area contributed by atoms with Crippen molar-refractivity contribution in [2.75, 3.05) is 19.8 Å². The Morgan fingerprint density at radius 1 is 0.478 bits per heavy atom. The van der Waals surface area contributed by atoms with Crippen LogP contribution in [0.5, 0.6) is 0 Å². The number of amides is 1. The Hall–Kier alpha value is -1.01. The van der Waals surface area contributed by atoms with Crippen molar-refractivity contribution in [1.29, 1.82) is 0 Å². The van der Waals surface area contributed by atoms with E-state index in [1.54, 1.807) is 0 Å². The van der Waals surface area contributed by atoms with Crippen LogP contribution in [0, 0.1) is 0 Å². The average molecular weight is 962 g/mol. The van der Waals surface area contributed by atoms with E-state index in [0.717, 1.165) is 51.4 Å². The Balaban J connectivity index is 1.78. The molecular weight excluding hydrogens is 859 g/mol. The van der Waals surface area contributed by atoms with Gasteiger partial charge in [0.15, 0.2) is 12.6 Å². The van der Waals surface area contributed by atoms with Gasteiger partial charge in [-0.25, -0.2) is 0 Å². The van der Waals surface area contributed by atoms with Crippen molar-refractivity contribution < 1.29 is 64.6 Å². The first kappa shape index (κ1) is 62.1. The molecule has 14 nitrogen and oxygen atoms in total. The van der Waals surface area contributed by atoms with Crippen LogP contribution in [0.4, 0.5) is 0 Å². The van der Waals surface area contributed by atoms with E-state index in [9.17, 15) is 45.6 Å². The summed E-state index contributed by atoms with van der Waals surface area (Å²) in [5.41, 5.74) is 0. The van der Waals surface area contributed by atoms with E-state index < -0.39 is 86.8 Å². The second-order valence-corrected chi connectivity index (χ2v) is 20.1. The molecule has 0 aliphatic carbocycles. The first-order valence-corrected chi connectivity index (χ1v) is 27.8. The SMILES string of the molecule is CCCCCCCCCCCCCCCCCCCCCCC(O)C(COC1OC(CO)C(OC2OC(CO)C(O)C(O)C2O)C(O)C1O)NC(=O)CCCCCCCCCCCCCCC. The highest BCUT2D eigenvalue weighted by atomic mass is 16.7. The summed E-state index contributed by atoms with van der Waals surface area (Å²) in [6.45, 7) is 2.88. The van der Waals surface area contributed by atoms with Crippen LogP contribution in [0.25, 0.3) is 0 Å². The van der Waals surface area contributed by atoms with Crippen molar-refractivity contribution in [2.24, 2.45) is 0 Å². The van der Waals surface area contributed by atoms with E-state index in [4.69, 9.17) is 18.9 Å². The van der Waals surface area contributed by atoms with Crippen LogP contribution in [0.15, 0.2) is 0 Å². The number of hydrogen-bond acceptors (Lipinski definition) is 13. The van der Waals surface area contributed by atoms with Crippen molar-refractivity contribution in [3.05, 3.63) is 0 Å². The second-order valence-electron chi connectivity index (χ2n) is 20.1. The molecule has 2 aliphatic rings. The van der Waals surface area contributed by atoms with E-state index in [-0.39, 0.29) is 12.5 Å². The Morgan fingerprint density at radius 2 is 0.851 bits per heavy atom. The summed E-state index contributed by atoms with van der Waals surface area (Å²) in [4.78, 5) is 13.2. The maximum absolute atomic E-state index is 13.2. The van der Waals surface area contributed by atoms with Gasteiger partial charge < -0.3 is 65.1 Å². The lowest BCUT2D eigenvalue weighted by Crippen LogP contribution is -2.65. The van der Waals surface area contributed by atoms with Crippen molar-refractivity contribution in [3.63, 3.8) is 0 Å². The molecule has 0 aromatic carbocycles.